The van der Waals surface area contributed by atoms with E-state index in [2.05, 4.69) is 135 Å². The quantitative estimate of drug-likeness (QED) is 0.0150. The van der Waals surface area contributed by atoms with Crippen molar-refractivity contribution < 1.29 is 58.3 Å². The van der Waals surface area contributed by atoms with E-state index in [-0.39, 0.29) is 13.0 Å². The number of phosphoric ester groups is 1. The molecule has 6 atom stereocenters. The van der Waals surface area contributed by atoms with Gasteiger partial charge < -0.3 is 39.9 Å². The van der Waals surface area contributed by atoms with Crippen molar-refractivity contribution in [1.29, 1.82) is 0 Å². The van der Waals surface area contributed by atoms with Gasteiger partial charge in [0.1, 0.15) is 42.7 Å². The molecule has 0 amide bonds. The molecule has 1 fully saturated rings. The lowest BCUT2D eigenvalue weighted by Crippen LogP contribution is -2.64. The molecule has 362 valence electrons. The first-order chi connectivity index (χ1) is 31.0. The van der Waals surface area contributed by atoms with Gasteiger partial charge in [-0.3, -0.25) is 13.8 Å². The van der Waals surface area contributed by atoms with Gasteiger partial charge in [-0.15, -0.1) is 0 Å². The second-order valence-corrected chi connectivity index (χ2v) is 16.9. The fraction of sp³-hybridized carbons (Fsp3) is 0.588. The third-order valence-corrected chi connectivity index (χ3v) is 10.8. The molecule has 0 aromatic rings. The average molecular weight is 917 g/mol. The number of hydrogen-bond acceptors (Lipinski definition) is 11. The first kappa shape index (κ1) is 58.8. The minimum atomic E-state index is -5.05. The summed E-state index contributed by atoms with van der Waals surface area (Å²) in [7, 11) is -5.05. The van der Waals surface area contributed by atoms with Gasteiger partial charge in [0.25, 0.3) is 0 Å². The Morgan fingerprint density at radius 3 is 1.30 bits per heavy atom. The number of hydrogen-bond donors (Lipinski definition) is 6. The highest BCUT2D eigenvalue weighted by Gasteiger charge is 2.51. The number of ether oxygens (including phenoxy) is 2. The fourth-order valence-electron chi connectivity index (χ4n) is 6.17. The van der Waals surface area contributed by atoms with Crippen LogP contribution in [0, 0.1) is 0 Å². The molecule has 0 bridgehead atoms. The van der Waals surface area contributed by atoms with Crippen molar-refractivity contribution in [2.45, 2.75) is 172 Å². The van der Waals surface area contributed by atoms with E-state index in [1.807, 2.05) is 0 Å². The number of aliphatic hydroxyl groups excluding tert-OH is 5. The zero-order chi connectivity index (χ0) is 46.9. The molecule has 1 saturated carbocycles. The first-order valence-electron chi connectivity index (χ1n) is 23.4. The van der Waals surface area contributed by atoms with E-state index in [0.717, 1.165) is 103 Å². The van der Waals surface area contributed by atoms with Crippen LogP contribution in [0.3, 0.4) is 0 Å². The van der Waals surface area contributed by atoms with E-state index in [4.69, 9.17) is 18.5 Å². The Balaban J connectivity index is 2.43. The number of carbonyl (C=O) groups excluding carboxylic acids is 1. The third kappa shape index (κ3) is 31.6. The van der Waals surface area contributed by atoms with Crippen LogP contribution in [0.25, 0.3) is 0 Å². The molecule has 1 rings (SSSR count). The molecule has 6 N–H and O–H groups in total. The minimum Gasteiger partial charge on any atom is -0.457 e. The summed E-state index contributed by atoms with van der Waals surface area (Å²) in [6.07, 6.45) is 45.7. The standard InChI is InChI=1S/C51H81O12P/c1-3-5-7-9-11-13-15-17-18-19-20-21-22-23-24-25-26-27-29-31-33-35-37-39-41-60-42-44(43-61-64(58,59)63-51-49(56)47(54)46(53)48(55)50(51)57)62-45(52)40-38-36-34-32-30-28-16-14-12-10-8-6-4-2/h5-8,11-14,17-18,20-21,23-24,26-28,30-31,33,44,46-51,53-57H,3-4,9-10,15-16,19,22,25,29,32,34-43H2,1-2H3,(H,58,59)/b7-5-,8-6-,13-11-,14-12-,18-17-,21-20-,24-23-,27-26-,30-28-,33-31-. The molecule has 1 aliphatic rings. The molecular formula is C51H81O12P. The van der Waals surface area contributed by atoms with Crippen molar-refractivity contribution >= 4 is 13.8 Å². The minimum absolute atomic E-state index is 0.128. The summed E-state index contributed by atoms with van der Waals surface area (Å²) < 4.78 is 34.1. The second kappa shape index (κ2) is 40.1. The average Bonchev–Trinajstić information content (AvgIpc) is 3.28. The Labute approximate surface area is 384 Å². The molecule has 0 saturated heterocycles. The number of carbonyl (C=O) groups is 1. The molecule has 0 aromatic carbocycles. The van der Waals surface area contributed by atoms with Crippen LogP contribution in [0.15, 0.2) is 122 Å². The topological polar surface area (TPSA) is 192 Å². The number of esters is 1. The third-order valence-electron chi connectivity index (χ3n) is 9.83. The molecule has 0 aliphatic heterocycles. The Kier molecular flexibility index (Phi) is 36.8. The Bertz CT molecular complexity index is 1510. The van der Waals surface area contributed by atoms with E-state index in [0.29, 0.717) is 13.0 Å². The summed E-state index contributed by atoms with van der Waals surface area (Å²) >= 11 is 0. The number of phosphoric acid groups is 1. The summed E-state index contributed by atoms with van der Waals surface area (Å²) in [6.45, 7) is 3.86. The van der Waals surface area contributed by atoms with Gasteiger partial charge in [-0.25, -0.2) is 4.57 Å². The molecule has 6 unspecified atom stereocenters. The lowest BCUT2D eigenvalue weighted by Gasteiger charge is -2.41. The van der Waals surface area contributed by atoms with Crippen molar-refractivity contribution in [2.24, 2.45) is 0 Å². The molecular weight excluding hydrogens is 836 g/mol. The van der Waals surface area contributed by atoms with E-state index >= 15 is 0 Å². The van der Waals surface area contributed by atoms with Gasteiger partial charge in [-0.05, 0) is 103 Å². The van der Waals surface area contributed by atoms with Crippen LogP contribution in [-0.4, -0.2) is 98.9 Å². The monoisotopic (exact) mass is 917 g/mol. The fourth-order valence-corrected chi connectivity index (χ4v) is 7.14. The molecule has 0 spiro atoms. The van der Waals surface area contributed by atoms with Crippen molar-refractivity contribution in [3.63, 3.8) is 0 Å². The zero-order valence-corrected chi connectivity index (χ0v) is 39.4. The number of rotatable bonds is 37. The maximum absolute atomic E-state index is 12.8. The summed E-state index contributed by atoms with van der Waals surface area (Å²) in [5, 5.41) is 50.2. The van der Waals surface area contributed by atoms with Gasteiger partial charge in [0.2, 0.25) is 0 Å². The largest absolute Gasteiger partial charge is 0.472 e. The van der Waals surface area contributed by atoms with Crippen molar-refractivity contribution in [1.82, 2.24) is 0 Å². The summed E-state index contributed by atoms with van der Waals surface area (Å²) in [5.41, 5.74) is 0. The highest BCUT2D eigenvalue weighted by molar-refractivity contribution is 7.47. The smallest absolute Gasteiger partial charge is 0.457 e. The van der Waals surface area contributed by atoms with E-state index < -0.39 is 63.1 Å². The normalized spacial score (nSPS) is 22.8. The summed E-state index contributed by atoms with van der Waals surface area (Å²) in [5.74, 6) is -0.529. The zero-order valence-electron chi connectivity index (χ0n) is 38.5. The number of unbranched alkanes of at least 4 members (excludes halogenated alkanes) is 5. The maximum atomic E-state index is 12.8. The van der Waals surface area contributed by atoms with Crippen molar-refractivity contribution in [2.75, 3.05) is 19.8 Å². The highest BCUT2D eigenvalue weighted by Crippen LogP contribution is 2.47. The predicted octanol–water partition coefficient (Wildman–Crippen LogP) is 9.86. The van der Waals surface area contributed by atoms with Crippen LogP contribution < -0.4 is 0 Å². The lowest BCUT2D eigenvalue weighted by atomic mass is 9.85. The van der Waals surface area contributed by atoms with Crippen LogP contribution >= 0.6 is 7.82 Å². The molecule has 0 aromatic heterocycles. The maximum Gasteiger partial charge on any atom is 0.472 e. The summed E-state index contributed by atoms with van der Waals surface area (Å²) in [6, 6.07) is 0. The van der Waals surface area contributed by atoms with Gasteiger partial charge >= 0.3 is 13.8 Å². The molecule has 0 radical (unpaired) electrons. The van der Waals surface area contributed by atoms with Crippen LogP contribution in [0.5, 0.6) is 0 Å². The van der Waals surface area contributed by atoms with Crippen molar-refractivity contribution in [3.05, 3.63) is 122 Å². The van der Waals surface area contributed by atoms with Gasteiger partial charge in [-0.1, -0.05) is 142 Å². The van der Waals surface area contributed by atoms with E-state index in [9.17, 15) is 39.8 Å². The Morgan fingerprint density at radius 1 is 0.500 bits per heavy atom. The highest BCUT2D eigenvalue weighted by atomic mass is 31.2. The van der Waals surface area contributed by atoms with Crippen LogP contribution in [-0.2, 0) is 27.9 Å². The number of aliphatic hydroxyl groups is 5. The SMILES string of the molecule is CC/C=C\C/C=C\C/C=C\C/C=C\C/C=C\C/C=C\C/C=C\CCCCOCC(COP(=O)(O)OC1C(O)C(O)C(O)C(O)C1O)OC(=O)CCCCC/C=C\C/C=C\C/C=C\CC. The second-order valence-electron chi connectivity index (χ2n) is 15.5. The van der Waals surface area contributed by atoms with Gasteiger partial charge in [0, 0.05) is 13.0 Å². The van der Waals surface area contributed by atoms with E-state index in [1.165, 1.54) is 0 Å². The van der Waals surface area contributed by atoms with Crippen LogP contribution in [0.2, 0.25) is 0 Å². The van der Waals surface area contributed by atoms with Gasteiger partial charge in [0.05, 0.1) is 13.2 Å². The predicted molar refractivity (Wildman–Crippen MR) is 257 cm³/mol. The Hall–Kier alpha value is -3.26. The van der Waals surface area contributed by atoms with Crippen LogP contribution in [0.4, 0.5) is 0 Å². The molecule has 1 aliphatic carbocycles. The van der Waals surface area contributed by atoms with Gasteiger partial charge in [-0.2, -0.15) is 0 Å². The molecule has 12 nitrogen and oxygen atoms in total. The molecule has 64 heavy (non-hydrogen) atoms. The van der Waals surface area contributed by atoms with E-state index in [1.54, 1.807) is 0 Å². The first-order valence-corrected chi connectivity index (χ1v) is 24.9. The van der Waals surface area contributed by atoms with Crippen molar-refractivity contribution in [3.8, 4) is 0 Å². The lowest BCUT2D eigenvalue weighted by molar-refractivity contribution is -0.220. The Morgan fingerprint density at radius 2 is 0.875 bits per heavy atom. The van der Waals surface area contributed by atoms with Crippen LogP contribution in [0.1, 0.15) is 129 Å². The van der Waals surface area contributed by atoms with Gasteiger partial charge in [0.15, 0.2) is 0 Å². The number of allylic oxidation sites excluding steroid dienone is 20. The summed E-state index contributed by atoms with van der Waals surface area (Å²) in [4.78, 5) is 23.1. The molecule has 0 heterocycles. The molecule has 13 heteroatoms.